The molecule has 6 heteroatoms. The topological polar surface area (TPSA) is 86.3 Å². The van der Waals surface area contributed by atoms with Crippen molar-refractivity contribution in [1.29, 1.82) is 0 Å². The number of phenols is 2. The molecule has 4 aromatic rings. The highest BCUT2D eigenvalue weighted by Crippen LogP contribution is 2.38. The molecule has 31 heavy (non-hydrogen) atoms. The lowest BCUT2D eigenvalue weighted by Crippen LogP contribution is -2.39. The van der Waals surface area contributed by atoms with Crippen molar-refractivity contribution in [1.82, 2.24) is 4.98 Å². The molecule has 0 saturated heterocycles. The molecule has 6 nitrogen and oxygen atoms in total. The zero-order valence-electron chi connectivity index (χ0n) is 16.6. The number of carbonyl (C=O) groups excluding carboxylic acids is 1. The maximum absolute atomic E-state index is 12.3. The molecule has 3 aromatic carbocycles. The van der Waals surface area contributed by atoms with Gasteiger partial charge in [-0.2, -0.15) is 4.57 Å². The van der Waals surface area contributed by atoms with Crippen molar-refractivity contribution in [3.63, 3.8) is 0 Å². The Bertz CT molecular complexity index is 1280. The summed E-state index contributed by atoms with van der Waals surface area (Å²) < 4.78 is 1.60. The van der Waals surface area contributed by atoms with Crippen LogP contribution in [0.2, 0.25) is 0 Å². The number of benzene rings is 3. The standard InChI is InChI=1S/C25H19N3O3/c29-19-8-4-16(5-9-19)14-18-2-1-3-21(17-6-10-20(30)11-7-17)23(18)24-25-27-15-22(31)28(25)13-12-26-24/h1-13H,14-15H2,(H2,26,29,30)/p+1. The molecule has 5 rings (SSSR count). The Balaban J connectivity index is 1.73. The molecule has 0 radical (unpaired) electrons. The van der Waals surface area contributed by atoms with Crippen molar-refractivity contribution in [3.05, 3.63) is 90.3 Å². The quantitative estimate of drug-likeness (QED) is 0.446. The molecule has 1 aliphatic heterocycles. The van der Waals surface area contributed by atoms with Crippen molar-refractivity contribution in [2.45, 2.75) is 6.42 Å². The Hall–Kier alpha value is -4.19. The number of aromatic hydroxyl groups is 2. The largest absolute Gasteiger partial charge is 0.508 e. The van der Waals surface area contributed by atoms with E-state index in [1.807, 2.05) is 36.4 Å². The van der Waals surface area contributed by atoms with Crippen molar-refractivity contribution in [3.8, 4) is 33.9 Å². The van der Waals surface area contributed by atoms with Crippen LogP contribution in [0.15, 0.2) is 79.1 Å². The third kappa shape index (κ3) is 3.48. The van der Waals surface area contributed by atoms with Gasteiger partial charge in [-0.25, -0.2) is 9.78 Å². The van der Waals surface area contributed by atoms with Crippen LogP contribution >= 0.6 is 0 Å². The Labute approximate surface area is 179 Å². The first-order valence-corrected chi connectivity index (χ1v) is 9.97. The SMILES string of the molecule is O=C1CNc2c(-c3c(Cc4ccc(O)cc4)cccc3-c3ccc(O)cc3)ncc[n+]21. The van der Waals surface area contributed by atoms with Crippen LogP contribution in [-0.2, 0) is 6.42 Å². The van der Waals surface area contributed by atoms with E-state index in [1.165, 1.54) is 0 Å². The summed E-state index contributed by atoms with van der Waals surface area (Å²) in [6, 6.07) is 20.3. The van der Waals surface area contributed by atoms with Gasteiger partial charge in [0.05, 0.1) is 6.20 Å². The smallest absolute Gasteiger partial charge is 0.355 e. The molecule has 0 aliphatic carbocycles. The molecular weight excluding hydrogens is 390 g/mol. The molecule has 0 spiro atoms. The minimum atomic E-state index is -0.0270. The van der Waals surface area contributed by atoms with Crippen LogP contribution in [0, 0.1) is 0 Å². The van der Waals surface area contributed by atoms with Gasteiger partial charge in [0, 0.05) is 5.56 Å². The molecule has 0 bridgehead atoms. The summed E-state index contributed by atoms with van der Waals surface area (Å²) in [6.07, 6.45) is 3.94. The highest BCUT2D eigenvalue weighted by atomic mass is 16.3. The van der Waals surface area contributed by atoms with Gasteiger partial charge < -0.3 is 10.2 Å². The zero-order valence-corrected chi connectivity index (χ0v) is 16.6. The van der Waals surface area contributed by atoms with Crippen LogP contribution in [0.4, 0.5) is 5.82 Å². The van der Waals surface area contributed by atoms with Crippen molar-refractivity contribution >= 4 is 11.7 Å². The summed E-state index contributed by atoms with van der Waals surface area (Å²) in [4.78, 5) is 16.9. The number of nitrogens with zero attached hydrogens (tertiary/aromatic N) is 2. The van der Waals surface area contributed by atoms with E-state index < -0.39 is 0 Å². The van der Waals surface area contributed by atoms with Gasteiger partial charge in [-0.15, -0.1) is 0 Å². The van der Waals surface area contributed by atoms with E-state index in [-0.39, 0.29) is 24.0 Å². The molecule has 152 valence electrons. The van der Waals surface area contributed by atoms with Gasteiger partial charge in [0.15, 0.2) is 12.2 Å². The van der Waals surface area contributed by atoms with E-state index in [2.05, 4.69) is 16.4 Å². The normalized spacial score (nSPS) is 12.5. The Morgan fingerprint density at radius 3 is 2.39 bits per heavy atom. The summed E-state index contributed by atoms with van der Waals surface area (Å²) >= 11 is 0. The first kappa shape index (κ1) is 18.8. The summed E-state index contributed by atoms with van der Waals surface area (Å²) in [7, 11) is 0. The third-order valence-corrected chi connectivity index (χ3v) is 5.46. The maximum Gasteiger partial charge on any atom is 0.355 e. The first-order valence-electron chi connectivity index (χ1n) is 9.97. The van der Waals surface area contributed by atoms with Crippen molar-refractivity contribution in [2.75, 3.05) is 11.9 Å². The Morgan fingerprint density at radius 1 is 0.935 bits per heavy atom. The van der Waals surface area contributed by atoms with Crippen molar-refractivity contribution < 1.29 is 19.6 Å². The number of nitrogens with one attached hydrogen (secondary N) is 1. The van der Waals surface area contributed by atoms with E-state index in [1.54, 1.807) is 41.2 Å². The van der Waals surface area contributed by atoms with Gasteiger partial charge in [-0.05, 0) is 52.9 Å². The molecule has 0 amide bonds. The van der Waals surface area contributed by atoms with E-state index in [4.69, 9.17) is 0 Å². The summed E-state index contributed by atoms with van der Waals surface area (Å²) in [5.74, 6) is 1.07. The number of anilines is 1. The lowest BCUT2D eigenvalue weighted by Gasteiger charge is -2.15. The average Bonchev–Trinajstić information content (AvgIpc) is 3.17. The molecule has 0 fully saturated rings. The maximum atomic E-state index is 12.3. The predicted molar refractivity (Wildman–Crippen MR) is 117 cm³/mol. The minimum absolute atomic E-state index is 0.0270. The monoisotopic (exact) mass is 410 g/mol. The molecule has 1 aliphatic rings. The fraction of sp³-hybridized carbons (Fsp3) is 0.0800. The number of phenolic OH excluding ortho intramolecular Hbond substituents is 2. The average molecular weight is 410 g/mol. The van der Waals surface area contributed by atoms with Gasteiger partial charge >= 0.3 is 11.7 Å². The molecular formula is C25H20N3O3+. The molecule has 1 aromatic heterocycles. The lowest BCUT2D eigenvalue weighted by molar-refractivity contribution is -0.551. The fourth-order valence-electron chi connectivity index (χ4n) is 3.97. The second-order valence-corrected chi connectivity index (χ2v) is 7.47. The summed E-state index contributed by atoms with van der Waals surface area (Å²) in [5.41, 5.74) is 5.61. The number of rotatable bonds is 4. The number of carbonyl (C=O) groups is 1. The zero-order chi connectivity index (χ0) is 21.4. The van der Waals surface area contributed by atoms with E-state index in [9.17, 15) is 15.0 Å². The highest BCUT2D eigenvalue weighted by Gasteiger charge is 2.32. The molecule has 2 heterocycles. The van der Waals surface area contributed by atoms with Crippen LogP contribution in [0.25, 0.3) is 22.4 Å². The van der Waals surface area contributed by atoms with Crippen LogP contribution < -0.4 is 9.88 Å². The predicted octanol–water partition coefficient (Wildman–Crippen LogP) is 3.77. The second kappa shape index (κ2) is 7.57. The lowest BCUT2D eigenvalue weighted by atomic mass is 9.90. The van der Waals surface area contributed by atoms with Crippen LogP contribution in [0.1, 0.15) is 15.9 Å². The van der Waals surface area contributed by atoms with Gasteiger partial charge in [-0.1, -0.05) is 42.5 Å². The number of hydrogen-bond donors (Lipinski definition) is 3. The third-order valence-electron chi connectivity index (χ3n) is 5.46. The van der Waals surface area contributed by atoms with Crippen LogP contribution in [0.3, 0.4) is 0 Å². The van der Waals surface area contributed by atoms with Gasteiger partial charge in [0.2, 0.25) is 0 Å². The molecule has 3 N–H and O–H groups in total. The minimum Gasteiger partial charge on any atom is -0.508 e. The summed E-state index contributed by atoms with van der Waals surface area (Å²) in [5, 5.41) is 22.5. The van der Waals surface area contributed by atoms with Gasteiger partial charge in [0.1, 0.15) is 17.7 Å². The van der Waals surface area contributed by atoms with E-state index in [0.29, 0.717) is 17.9 Å². The van der Waals surface area contributed by atoms with Crippen molar-refractivity contribution in [2.24, 2.45) is 0 Å². The first-order chi connectivity index (χ1) is 15.1. The van der Waals surface area contributed by atoms with E-state index >= 15 is 0 Å². The highest BCUT2D eigenvalue weighted by molar-refractivity contribution is 5.90. The van der Waals surface area contributed by atoms with E-state index in [0.717, 1.165) is 27.8 Å². The Morgan fingerprint density at radius 2 is 1.65 bits per heavy atom. The number of aromatic nitrogens is 2. The van der Waals surface area contributed by atoms with Crippen LogP contribution in [0.5, 0.6) is 11.5 Å². The summed E-state index contributed by atoms with van der Waals surface area (Å²) in [6.45, 7) is 0.230. The fourth-order valence-corrected chi connectivity index (χ4v) is 3.97. The van der Waals surface area contributed by atoms with Gasteiger partial charge in [0.25, 0.3) is 0 Å². The number of hydrogen-bond acceptors (Lipinski definition) is 5. The molecule has 0 atom stereocenters. The van der Waals surface area contributed by atoms with Gasteiger partial charge in [-0.3, -0.25) is 5.32 Å². The Kier molecular flexibility index (Phi) is 4.59. The number of fused-ring (bicyclic) bond motifs is 1. The molecule has 0 saturated carbocycles. The second-order valence-electron chi connectivity index (χ2n) is 7.47. The van der Waals surface area contributed by atoms with Crippen LogP contribution in [-0.4, -0.2) is 27.6 Å². The molecule has 0 unspecified atom stereocenters.